The Balaban J connectivity index is 1.51. The van der Waals surface area contributed by atoms with Gasteiger partial charge in [0.1, 0.15) is 5.03 Å². The van der Waals surface area contributed by atoms with Crippen LogP contribution in [0.5, 0.6) is 0 Å². The molecule has 0 bridgehead atoms. The van der Waals surface area contributed by atoms with E-state index in [1.165, 1.54) is 28.1 Å². The monoisotopic (exact) mass is 475 g/mol. The second kappa shape index (κ2) is 10.6. The van der Waals surface area contributed by atoms with Gasteiger partial charge in [0.2, 0.25) is 0 Å². The second-order valence-electron chi connectivity index (χ2n) is 7.71. The fraction of sp³-hybridized carbons (Fsp3) is 0.192. The van der Waals surface area contributed by atoms with Gasteiger partial charge in [-0.25, -0.2) is 0 Å². The third-order valence-corrected chi connectivity index (χ3v) is 7.08. The number of aromatic nitrogens is 2. The summed E-state index contributed by atoms with van der Waals surface area (Å²) < 4.78 is 1.36. The molecule has 7 heteroatoms. The van der Waals surface area contributed by atoms with Gasteiger partial charge >= 0.3 is 0 Å². The number of benzene rings is 2. The van der Waals surface area contributed by atoms with Crippen LogP contribution in [0.2, 0.25) is 0 Å². The topological polar surface area (TPSA) is 64.0 Å². The molecule has 0 saturated heterocycles. The van der Waals surface area contributed by atoms with Gasteiger partial charge in [0.05, 0.1) is 11.7 Å². The van der Waals surface area contributed by atoms with E-state index in [0.717, 1.165) is 27.6 Å². The van der Waals surface area contributed by atoms with Crippen LogP contribution in [0.25, 0.3) is 5.69 Å². The number of thiophene rings is 1. The molecular formula is C26H25N3O2S2. The highest BCUT2D eigenvalue weighted by Gasteiger charge is 2.16. The predicted molar refractivity (Wildman–Crippen MR) is 135 cm³/mol. The van der Waals surface area contributed by atoms with Crippen LogP contribution in [0.1, 0.15) is 46.6 Å². The van der Waals surface area contributed by atoms with Crippen molar-refractivity contribution in [3.05, 3.63) is 105 Å². The van der Waals surface area contributed by atoms with Crippen LogP contribution in [0.15, 0.2) is 92.9 Å². The van der Waals surface area contributed by atoms with E-state index in [0.29, 0.717) is 11.3 Å². The van der Waals surface area contributed by atoms with Crippen molar-refractivity contribution in [3.63, 3.8) is 0 Å². The number of rotatable bonds is 8. The van der Waals surface area contributed by atoms with Crippen LogP contribution in [0, 0.1) is 6.92 Å². The molecule has 168 valence electrons. The summed E-state index contributed by atoms with van der Waals surface area (Å²) in [6.07, 6.45) is 1.86. The van der Waals surface area contributed by atoms with E-state index in [1.807, 2.05) is 48.7 Å². The number of nitrogens with one attached hydrogen (secondary N) is 1. The minimum absolute atomic E-state index is 0.00180. The van der Waals surface area contributed by atoms with E-state index in [4.69, 9.17) is 0 Å². The molecule has 4 rings (SSSR count). The normalized spacial score (nSPS) is 11.8. The summed E-state index contributed by atoms with van der Waals surface area (Å²) in [5, 5.41) is 10.4. The van der Waals surface area contributed by atoms with Crippen molar-refractivity contribution in [1.82, 2.24) is 15.1 Å². The molecule has 2 heterocycles. The smallest absolute Gasteiger partial charge is 0.271 e. The Morgan fingerprint density at radius 1 is 1.06 bits per heavy atom. The van der Waals surface area contributed by atoms with Gasteiger partial charge in [-0.15, -0.1) is 11.3 Å². The third-order valence-electron chi connectivity index (χ3n) is 5.16. The molecule has 0 aliphatic carbocycles. The molecule has 2 aromatic heterocycles. The second-order valence-corrected chi connectivity index (χ2v) is 9.79. The molecule has 0 spiro atoms. The van der Waals surface area contributed by atoms with Crippen LogP contribution in [0.4, 0.5) is 0 Å². The number of amides is 1. The fourth-order valence-corrected chi connectivity index (χ4v) is 5.00. The molecule has 4 aromatic rings. The lowest BCUT2D eigenvalue weighted by atomic mass is 10.1. The first-order chi connectivity index (χ1) is 16.0. The minimum Gasteiger partial charge on any atom is -0.344 e. The molecular weight excluding hydrogens is 450 g/mol. The van der Waals surface area contributed by atoms with Crippen molar-refractivity contribution < 1.29 is 4.79 Å². The molecule has 0 fully saturated rings. The maximum atomic E-state index is 12.8. The van der Waals surface area contributed by atoms with E-state index in [1.54, 1.807) is 41.7 Å². The summed E-state index contributed by atoms with van der Waals surface area (Å²) in [4.78, 5) is 27.5. The van der Waals surface area contributed by atoms with Gasteiger partial charge in [0.15, 0.2) is 0 Å². The Labute approximate surface area is 201 Å². The molecule has 0 aliphatic heterocycles. The molecule has 1 N–H and O–H groups in total. The standard InChI is InChI=1S/C26H25N3O2S2/c1-3-5-22(23-6-4-17-32-23)27-26(31)19-9-11-20(12-10-19)29-25(30)16-15-24(28-29)33-21-13-7-18(2)8-14-21/h4,6-17,22H,3,5H2,1-2H3,(H,27,31). The van der Waals surface area contributed by atoms with Crippen LogP contribution in [0.3, 0.4) is 0 Å². The maximum absolute atomic E-state index is 12.8. The summed E-state index contributed by atoms with van der Waals surface area (Å²) in [5.41, 5.74) is 2.14. The number of carbonyl (C=O) groups excluding carboxylic acids is 1. The number of hydrogen-bond donors (Lipinski definition) is 1. The lowest BCUT2D eigenvalue weighted by Crippen LogP contribution is -2.28. The number of nitrogens with zero attached hydrogens (tertiary/aromatic N) is 2. The zero-order valence-corrected chi connectivity index (χ0v) is 20.2. The average molecular weight is 476 g/mol. The first kappa shape index (κ1) is 23.0. The van der Waals surface area contributed by atoms with Crippen molar-refractivity contribution in [2.75, 3.05) is 0 Å². The molecule has 0 radical (unpaired) electrons. The maximum Gasteiger partial charge on any atom is 0.271 e. The van der Waals surface area contributed by atoms with Crippen LogP contribution < -0.4 is 10.9 Å². The quantitative estimate of drug-likeness (QED) is 0.338. The molecule has 1 amide bonds. The highest BCUT2D eigenvalue weighted by atomic mass is 32.2. The van der Waals surface area contributed by atoms with Gasteiger partial charge in [-0.1, -0.05) is 48.9 Å². The lowest BCUT2D eigenvalue weighted by Gasteiger charge is -2.17. The largest absolute Gasteiger partial charge is 0.344 e. The molecule has 33 heavy (non-hydrogen) atoms. The van der Waals surface area contributed by atoms with Gasteiger partial charge in [0, 0.05) is 21.4 Å². The molecule has 5 nitrogen and oxygen atoms in total. The van der Waals surface area contributed by atoms with E-state index < -0.39 is 0 Å². The highest BCUT2D eigenvalue weighted by molar-refractivity contribution is 7.99. The molecule has 0 saturated carbocycles. The van der Waals surface area contributed by atoms with Gasteiger partial charge in [0.25, 0.3) is 11.5 Å². The fourth-order valence-electron chi connectivity index (χ4n) is 3.42. The molecule has 0 aliphatic rings. The van der Waals surface area contributed by atoms with Crippen molar-refractivity contribution in [3.8, 4) is 5.69 Å². The van der Waals surface area contributed by atoms with E-state index >= 15 is 0 Å². The number of aryl methyl sites for hydroxylation is 1. The number of carbonyl (C=O) groups is 1. The summed E-state index contributed by atoms with van der Waals surface area (Å²) in [5.74, 6) is -0.127. The van der Waals surface area contributed by atoms with Crippen molar-refractivity contribution in [2.24, 2.45) is 0 Å². The van der Waals surface area contributed by atoms with E-state index in [2.05, 4.69) is 17.3 Å². The summed E-state index contributed by atoms with van der Waals surface area (Å²) in [7, 11) is 0. The predicted octanol–water partition coefficient (Wildman–Crippen LogP) is 6.02. The Bertz CT molecular complexity index is 1260. The van der Waals surface area contributed by atoms with Gasteiger partial charge in [-0.2, -0.15) is 9.78 Å². The highest BCUT2D eigenvalue weighted by Crippen LogP contribution is 2.26. The Morgan fingerprint density at radius 2 is 1.82 bits per heavy atom. The zero-order chi connectivity index (χ0) is 23.2. The average Bonchev–Trinajstić information content (AvgIpc) is 3.37. The Kier molecular flexibility index (Phi) is 7.42. The van der Waals surface area contributed by atoms with Crippen molar-refractivity contribution >= 4 is 29.0 Å². The Hall–Kier alpha value is -3.16. The van der Waals surface area contributed by atoms with Gasteiger partial charge in [-0.05, 0) is 67.3 Å². The first-order valence-electron chi connectivity index (χ1n) is 10.8. The van der Waals surface area contributed by atoms with Gasteiger partial charge in [-0.3, -0.25) is 9.59 Å². The summed E-state index contributed by atoms with van der Waals surface area (Å²) >= 11 is 3.15. The molecule has 1 atom stereocenters. The molecule has 1 unspecified atom stereocenters. The Morgan fingerprint density at radius 3 is 2.48 bits per heavy atom. The van der Waals surface area contributed by atoms with Crippen molar-refractivity contribution in [1.29, 1.82) is 0 Å². The minimum atomic E-state index is -0.221. The van der Waals surface area contributed by atoms with Crippen molar-refractivity contribution in [2.45, 2.75) is 42.7 Å². The van der Waals surface area contributed by atoms with E-state index in [9.17, 15) is 9.59 Å². The first-order valence-corrected chi connectivity index (χ1v) is 12.5. The third kappa shape index (κ3) is 5.80. The van der Waals surface area contributed by atoms with Gasteiger partial charge < -0.3 is 5.32 Å². The molecule has 2 aromatic carbocycles. The SMILES string of the molecule is CCCC(NC(=O)c1ccc(-n2nc(Sc3ccc(C)cc3)ccc2=O)cc1)c1cccs1. The van der Waals surface area contributed by atoms with E-state index in [-0.39, 0.29) is 17.5 Å². The van der Waals surface area contributed by atoms with Crippen LogP contribution >= 0.6 is 23.1 Å². The van der Waals surface area contributed by atoms with Crippen LogP contribution in [-0.4, -0.2) is 15.7 Å². The van der Waals surface area contributed by atoms with Crippen LogP contribution in [-0.2, 0) is 0 Å². The lowest BCUT2D eigenvalue weighted by molar-refractivity contribution is 0.0935. The summed E-state index contributed by atoms with van der Waals surface area (Å²) in [6.45, 7) is 4.15. The summed E-state index contributed by atoms with van der Waals surface area (Å²) in [6, 6.07) is 22.4. The zero-order valence-electron chi connectivity index (χ0n) is 18.5. The number of hydrogen-bond acceptors (Lipinski definition) is 5.